The van der Waals surface area contributed by atoms with Gasteiger partial charge in [-0.2, -0.15) is 0 Å². The minimum absolute atomic E-state index is 0.0332. The molecule has 0 spiro atoms. The second-order valence-electron chi connectivity index (χ2n) is 5.67. The molecule has 1 unspecified atom stereocenters. The minimum atomic E-state index is -3.15. The van der Waals surface area contributed by atoms with E-state index in [0.29, 0.717) is 0 Å². The van der Waals surface area contributed by atoms with Crippen LogP contribution in [0.2, 0.25) is 0 Å². The van der Waals surface area contributed by atoms with Crippen LogP contribution in [0.4, 0.5) is 5.13 Å². The molecule has 2 aliphatic rings. The average molecular weight is 315 g/mol. The lowest BCUT2D eigenvalue weighted by Gasteiger charge is -2.24. The molecule has 2 heterocycles. The highest BCUT2D eigenvalue weighted by atomic mass is 32.2. The van der Waals surface area contributed by atoms with Gasteiger partial charge in [0, 0.05) is 30.7 Å². The summed E-state index contributed by atoms with van der Waals surface area (Å²) in [7, 11) is -3.15. The van der Waals surface area contributed by atoms with Gasteiger partial charge in [0.2, 0.25) is 10.0 Å². The Hall–Kier alpha value is -0.660. The van der Waals surface area contributed by atoms with Crippen molar-refractivity contribution in [2.45, 2.75) is 49.8 Å². The van der Waals surface area contributed by atoms with E-state index < -0.39 is 10.0 Å². The van der Waals surface area contributed by atoms with Gasteiger partial charge in [-0.3, -0.25) is 0 Å². The molecule has 1 saturated heterocycles. The van der Waals surface area contributed by atoms with E-state index in [0.717, 1.165) is 50.3 Å². The predicted molar refractivity (Wildman–Crippen MR) is 81.7 cm³/mol. The largest absolute Gasteiger partial charge is 0.346 e. The van der Waals surface area contributed by atoms with Crippen LogP contribution >= 0.6 is 11.3 Å². The summed E-state index contributed by atoms with van der Waals surface area (Å²) in [5.74, 6) is 0. The second kappa shape index (κ2) is 5.99. The highest BCUT2D eigenvalue weighted by molar-refractivity contribution is 7.90. The molecule has 1 aromatic heterocycles. The van der Waals surface area contributed by atoms with Gasteiger partial charge in [0.25, 0.3) is 0 Å². The molecule has 0 aromatic carbocycles. The monoisotopic (exact) mass is 315 g/mol. The molecule has 0 radical (unpaired) electrons. The number of aromatic nitrogens is 1. The summed E-state index contributed by atoms with van der Waals surface area (Å²) in [5, 5.41) is 2.77. The van der Waals surface area contributed by atoms with Crippen molar-refractivity contribution in [3.63, 3.8) is 0 Å². The molecule has 0 bridgehead atoms. The normalized spacial score (nSPS) is 25.2. The number of nitrogens with zero attached hydrogens (tertiary/aromatic N) is 2. The van der Waals surface area contributed by atoms with Crippen LogP contribution in [0, 0.1) is 0 Å². The van der Waals surface area contributed by atoms with Crippen molar-refractivity contribution in [1.82, 2.24) is 9.71 Å². The Labute approximate surface area is 124 Å². The zero-order valence-corrected chi connectivity index (χ0v) is 13.1. The number of hydrogen-bond acceptors (Lipinski definition) is 5. The van der Waals surface area contributed by atoms with Gasteiger partial charge in [0.05, 0.1) is 5.25 Å². The van der Waals surface area contributed by atoms with Gasteiger partial charge in [-0.15, -0.1) is 11.3 Å². The maximum Gasteiger partial charge on any atom is 0.214 e. The molecule has 1 aliphatic carbocycles. The number of hydrogen-bond donors (Lipinski definition) is 1. The third-order valence-electron chi connectivity index (χ3n) is 4.20. The first-order chi connectivity index (χ1) is 9.65. The van der Waals surface area contributed by atoms with Gasteiger partial charge in [-0.1, -0.05) is 19.3 Å². The number of anilines is 1. The van der Waals surface area contributed by atoms with Crippen molar-refractivity contribution in [2.24, 2.45) is 0 Å². The van der Waals surface area contributed by atoms with Gasteiger partial charge in [-0.25, -0.2) is 18.1 Å². The number of rotatable bonds is 4. The van der Waals surface area contributed by atoms with Crippen LogP contribution in [-0.4, -0.2) is 37.8 Å². The quantitative estimate of drug-likeness (QED) is 0.923. The molecule has 1 aliphatic heterocycles. The zero-order chi connectivity index (χ0) is 14.0. The molecular formula is C13H21N3O2S2. The van der Waals surface area contributed by atoms with Gasteiger partial charge < -0.3 is 4.90 Å². The van der Waals surface area contributed by atoms with E-state index in [4.69, 9.17) is 0 Å². The first-order valence-electron chi connectivity index (χ1n) is 7.31. The smallest absolute Gasteiger partial charge is 0.214 e. The fraction of sp³-hybridized carbons (Fsp3) is 0.769. The molecule has 112 valence electrons. The Kier molecular flexibility index (Phi) is 4.28. The Morgan fingerprint density at radius 2 is 2.05 bits per heavy atom. The van der Waals surface area contributed by atoms with E-state index in [1.807, 2.05) is 5.38 Å². The lowest BCUT2D eigenvalue weighted by atomic mass is 10.0. The summed E-state index contributed by atoms with van der Waals surface area (Å²) in [6.07, 6.45) is 7.55. The third-order valence-corrected chi connectivity index (χ3v) is 7.04. The van der Waals surface area contributed by atoms with Crippen LogP contribution in [0.1, 0.15) is 38.5 Å². The van der Waals surface area contributed by atoms with Crippen LogP contribution in [0.3, 0.4) is 0 Å². The van der Waals surface area contributed by atoms with E-state index in [1.165, 1.54) is 6.42 Å². The van der Waals surface area contributed by atoms with E-state index >= 15 is 0 Å². The van der Waals surface area contributed by atoms with Crippen molar-refractivity contribution >= 4 is 26.5 Å². The zero-order valence-electron chi connectivity index (χ0n) is 11.5. The average Bonchev–Trinajstić information content (AvgIpc) is 3.10. The topological polar surface area (TPSA) is 62.3 Å². The summed E-state index contributed by atoms with van der Waals surface area (Å²) in [5.41, 5.74) is 0. The summed E-state index contributed by atoms with van der Waals surface area (Å²) >= 11 is 1.61. The summed E-state index contributed by atoms with van der Waals surface area (Å²) < 4.78 is 27.7. The van der Waals surface area contributed by atoms with Crippen molar-refractivity contribution < 1.29 is 8.42 Å². The molecule has 1 atom stereocenters. The Morgan fingerprint density at radius 1 is 1.25 bits per heavy atom. The summed E-state index contributed by atoms with van der Waals surface area (Å²) in [4.78, 5) is 6.45. The first kappa shape index (κ1) is 14.3. The number of sulfonamides is 1. The molecule has 1 saturated carbocycles. The van der Waals surface area contributed by atoms with E-state index in [2.05, 4.69) is 14.6 Å². The fourth-order valence-corrected chi connectivity index (χ4v) is 5.59. The van der Waals surface area contributed by atoms with Crippen LogP contribution in [0.15, 0.2) is 11.6 Å². The van der Waals surface area contributed by atoms with Crippen LogP contribution in [-0.2, 0) is 10.0 Å². The maximum absolute atomic E-state index is 12.4. The molecule has 1 N–H and O–H groups in total. The summed E-state index contributed by atoms with van der Waals surface area (Å²) in [6.45, 7) is 1.62. The first-order valence-corrected chi connectivity index (χ1v) is 9.73. The van der Waals surface area contributed by atoms with Crippen molar-refractivity contribution in [3.05, 3.63) is 11.6 Å². The van der Waals surface area contributed by atoms with Gasteiger partial charge >= 0.3 is 0 Å². The minimum Gasteiger partial charge on any atom is -0.346 e. The standard InChI is InChI=1S/C13H21N3O2S2/c17-20(18,12-4-2-1-3-5-12)15-11-6-8-16(10-11)13-14-7-9-19-13/h7,9,11-12,15H,1-6,8,10H2. The SMILES string of the molecule is O=S(=O)(NC1CCN(c2nccs2)C1)C1CCCCC1. The van der Waals surface area contributed by atoms with Crippen LogP contribution < -0.4 is 9.62 Å². The summed E-state index contributed by atoms with van der Waals surface area (Å²) in [6, 6.07) is 0.0332. The van der Waals surface area contributed by atoms with E-state index in [1.54, 1.807) is 17.5 Å². The van der Waals surface area contributed by atoms with Crippen LogP contribution in [0.5, 0.6) is 0 Å². The molecule has 7 heteroatoms. The lowest BCUT2D eigenvalue weighted by Crippen LogP contribution is -2.43. The molecular weight excluding hydrogens is 294 g/mol. The fourth-order valence-electron chi connectivity index (χ4n) is 3.11. The highest BCUT2D eigenvalue weighted by Gasteiger charge is 2.32. The highest BCUT2D eigenvalue weighted by Crippen LogP contribution is 2.26. The molecule has 20 heavy (non-hydrogen) atoms. The van der Waals surface area contributed by atoms with Crippen molar-refractivity contribution in [2.75, 3.05) is 18.0 Å². The Balaban J connectivity index is 1.58. The molecule has 0 amide bonds. The maximum atomic E-state index is 12.4. The number of nitrogens with one attached hydrogen (secondary N) is 1. The molecule has 1 aromatic rings. The Morgan fingerprint density at radius 3 is 2.75 bits per heavy atom. The van der Waals surface area contributed by atoms with E-state index in [9.17, 15) is 8.42 Å². The van der Waals surface area contributed by atoms with E-state index in [-0.39, 0.29) is 11.3 Å². The van der Waals surface area contributed by atoms with Crippen molar-refractivity contribution in [1.29, 1.82) is 0 Å². The van der Waals surface area contributed by atoms with Gasteiger partial charge in [0.15, 0.2) is 5.13 Å². The van der Waals surface area contributed by atoms with Crippen LogP contribution in [0.25, 0.3) is 0 Å². The molecule has 3 rings (SSSR count). The van der Waals surface area contributed by atoms with Gasteiger partial charge in [-0.05, 0) is 19.3 Å². The second-order valence-corrected chi connectivity index (χ2v) is 8.53. The Bertz CT molecular complexity index is 524. The number of thiazole rings is 1. The van der Waals surface area contributed by atoms with Gasteiger partial charge in [0.1, 0.15) is 0 Å². The third kappa shape index (κ3) is 3.15. The molecule has 5 nitrogen and oxygen atoms in total. The van der Waals surface area contributed by atoms with Crippen molar-refractivity contribution in [3.8, 4) is 0 Å². The molecule has 2 fully saturated rings. The predicted octanol–water partition coefficient (Wildman–Crippen LogP) is 1.97. The lowest BCUT2D eigenvalue weighted by molar-refractivity contribution is 0.472.